The Morgan fingerprint density at radius 2 is 1.70 bits per heavy atom. The van der Waals surface area contributed by atoms with E-state index in [4.69, 9.17) is 11.5 Å². The number of aliphatic carboxylic acids is 1. The number of hydrogen-bond acceptors (Lipinski definition) is 7. The van der Waals surface area contributed by atoms with E-state index in [0.717, 1.165) is 25.7 Å². The molecule has 2 aliphatic rings. The van der Waals surface area contributed by atoms with Gasteiger partial charge in [0.25, 0.3) is 0 Å². The maximum absolute atomic E-state index is 13.2. The standard InChI is InChI=1S/C17H31N5O5/c1-10(23)20-13(14(24)22-6-4-2-3-5-7-22)11-8-17(27,15(25)26)9-12(11)21-16(18)19/h11-13,16,21,27H,2-9,18-19H2,1H3,(H,20,23)(H,25,26). The van der Waals surface area contributed by atoms with Crippen LogP contribution in [0, 0.1) is 5.92 Å². The van der Waals surface area contributed by atoms with Gasteiger partial charge < -0.3 is 31.9 Å². The van der Waals surface area contributed by atoms with Gasteiger partial charge in [0.15, 0.2) is 5.60 Å². The quantitative estimate of drug-likeness (QED) is 0.293. The third-order valence-electron chi connectivity index (χ3n) is 5.42. The van der Waals surface area contributed by atoms with Crippen LogP contribution in [0.1, 0.15) is 45.4 Å². The molecule has 10 heteroatoms. The Hall–Kier alpha value is -1.75. The van der Waals surface area contributed by atoms with Crippen molar-refractivity contribution in [2.24, 2.45) is 17.4 Å². The molecule has 1 saturated heterocycles. The second kappa shape index (κ2) is 8.96. The number of carbonyl (C=O) groups is 3. The molecule has 2 fully saturated rings. The molecule has 10 nitrogen and oxygen atoms in total. The molecule has 1 saturated carbocycles. The number of likely N-dealkylation sites (tertiary alicyclic amines) is 1. The van der Waals surface area contributed by atoms with Crippen molar-refractivity contribution in [1.82, 2.24) is 15.5 Å². The molecule has 0 aromatic rings. The van der Waals surface area contributed by atoms with E-state index < -0.39 is 41.8 Å². The lowest BCUT2D eigenvalue weighted by Gasteiger charge is -2.33. The second-order valence-electron chi connectivity index (χ2n) is 7.63. The Balaban J connectivity index is 2.29. The van der Waals surface area contributed by atoms with Crippen LogP contribution in [0.5, 0.6) is 0 Å². The number of nitrogens with one attached hydrogen (secondary N) is 2. The van der Waals surface area contributed by atoms with Crippen LogP contribution in [0.4, 0.5) is 0 Å². The van der Waals surface area contributed by atoms with Crippen LogP contribution in [-0.2, 0) is 14.4 Å². The van der Waals surface area contributed by atoms with Gasteiger partial charge in [-0.25, -0.2) is 4.79 Å². The number of hydrogen-bond donors (Lipinski definition) is 6. The summed E-state index contributed by atoms with van der Waals surface area (Å²) >= 11 is 0. The second-order valence-corrected chi connectivity index (χ2v) is 7.63. The first-order valence-electron chi connectivity index (χ1n) is 9.43. The third kappa shape index (κ3) is 5.38. The van der Waals surface area contributed by atoms with Crippen molar-refractivity contribution < 1.29 is 24.6 Å². The maximum atomic E-state index is 13.2. The van der Waals surface area contributed by atoms with E-state index in [1.807, 2.05) is 0 Å². The number of carbonyl (C=O) groups excluding carboxylic acids is 2. The van der Waals surface area contributed by atoms with Crippen LogP contribution in [-0.4, -0.2) is 70.0 Å². The van der Waals surface area contributed by atoms with Crippen molar-refractivity contribution >= 4 is 17.8 Å². The fourth-order valence-corrected chi connectivity index (χ4v) is 4.14. The van der Waals surface area contributed by atoms with Crippen LogP contribution in [0.3, 0.4) is 0 Å². The highest BCUT2D eigenvalue weighted by molar-refractivity contribution is 5.88. The van der Waals surface area contributed by atoms with Crippen LogP contribution < -0.4 is 22.1 Å². The average Bonchev–Trinajstić information content (AvgIpc) is 2.75. The molecule has 27 heavy (non-hydrogen) atoms. The number of aliphatic hydroxyl groups is 1. The maximum Gasteiger partial charge on any atom is 0.335 e. The van der Waals surface area contributed by atoms with Crippen molar-refractivity contribution in [1.29, 1.82) is 0 Å². The Kier molecular flexibility index (Phi) is 7.15. The number of carboxylic acid groups (broad SMARTS) is 1. The molecule has 1 aliphatic carbocycles. The molecule has 4 atom stereocenters. The Morgan fingerprint density at radius 1 is 1.11 bits per heavy atom. The molecule has 0 radical (unpaired) electrons. The van der Waals surface area contributed by atoms with Crippen molar-refractivity contribution in [2.75, 3.05) is 13.1 Å². The lowest BCUT2D eigenvalue weighted by molar-refractivity contribution is -0.158. The molecule has 154 valence electrons. The van der Waals surface area contributed by atoms with Gasteiger partial charge in [-0.1, -0.05) is 12.8 Å². The minimum Gasteiger partial charge on any atom is -0.479 e. The summed E-state index contributed by atoms with van der Waals surface area (Å²) in [6.07, 6.45) is 2.58. The zero-order valence-corrected chi connectivity index (χ0v) is 15.7. The molecule has 0 aromatic heterocycles. The zero-order valence-electron chi connectivity index (χ0n) is 15.7. The Labute approximate surface area is 158 Å². The first-order chi connectivity index (χ1) is 12.6. The molecule has 2 amide bonds. The molecular weight excluding hydrogens is 354 g/mol. The van der Waals surface area contributed by atoms with Crippen molar-refractivity contribution in [3.8, 4) is 0 Å². The van der Waals surface area contributed by atoms with E-state index in [-0.39, 0.29) is 18.7 Å². The fourth-order valence-electron chi connectivity index (χ4n) is 4.14. The molecule has 8 N–H and O–H groups in total. The van der Waals surface area contributed by atoms with Crippen molar-refractivity contribution in [2.45, 2.75) is 69.4 Å². The van der Waals surface area contributed by atoms with Gasteiger partial charge in [0.1, 0.15) is 12.3 Å². The zero-order chi connectivity index (χ0) is 20.2. The van der Waals surface area contributed by atoms with Gasteiger partial charge in [0, 0.05) is 38.4 Å². The molecule has 2 rings (SSSR count). The number of rotatable bonds is 6. The predicted molar refractivity (Wildman–Crippen MR) is 97.0 cm³/mol. The first kappa shape index (κ1) is 21.5. The van der Waals surface area contributed by atoms with Crippen LogP contribution in [0.25, 0.3) is 0 Å². The van der Waals surface area contributed by atoms with E-state index in [9.17, 15) is 24.6 Å². The molecule has 0 aromatic carbocycles. The fraction of sp³-hybridized carbons (Fsp3) is 0.824. The van der Waals surface area contributed by atoms with E-state index in [0.29, 0.717) is 13.1 Å². The number of nitrogens with zero attached hydrogens (tertiary/aromatic N) is 1. The van der Waals surface area contributed by atoms with Gasteiger partial charge in [-0.3, -0.25) is 14.9 Å². The lowest BCUT2D eigenvalue weighted by atomic mass is 9.91. The largest absolute Gasteiger partial charge is 0.479 e. The Morgan fingerprint density at radius 3 is 2.19 bits per heavy atom. The van der Waals surface area contributed by atoms with Crippen molar-refractivity contribution in [3.63, 3.8) is 0 Å². The lowest BCUT2D eigenvalue weighted by Crippen LogP contribution is -2.58. The van der Waals surface area contributed by atoms with Gasteiger partial charge in [-0.15, -0.1) is 0 Å². The van der Waals surface area contributed by atoms with Gasteiger partial charge in [-0.2, -0.15) is 0 Å². The summed E-state index contributed by atoms with van der Waals surface area (Å²) in [4.78, 5) is 38.2. The summed E-state index contributed by atoms with van der Waals surface area (Å²) < 4.78 is 0. The smallest absolute Gasteiger partial charge is 0.335 e. The number of amides is 2. The van der Waals surface area contributed by atoms with E-state index in [1.165, 1.54) is 6.92 Å². The van der Waals surface area contributed by atoms with Crippen LogP contribution in [0.15, 0.2) is 0 Å². The van der Waals surface area contributed by atoms with Crippen LogP contribution in [0.2, 0.25) is 0 Å². The summed E-state index contributed by atoms with van der Waals surface area (Å²) in [7, 11) is 0. The highest BCUT2D eigenvalue weighted by Crippen LogP contribution is 2.38. The van der Waals surface area contributed by atoms with E-state index in [1.54, 1.807) is 4.90 Å². The van der Waals surface area contributed by atoms with Gasteiger partial charge in [0.05, 0.1) is 0 Å². The average molecular weight is 385 g/mol. The Bertz CT molecular complexity index is 564. The summed E-state index contributed by atoms with van der Waals surface area (Å²) in [6, 6.07) is -1.58. The molecule has 1 aliphatic heterocycles. The van der Waals surface area contributed by atoms with Gasteiger partial charge in [0.2, 0.25) is 11.8 Å². The molecule has 0 bridgehead atoms. The highest BCUT2D eigenvalue weighted by atomic mass is 16.4. The third-order valence-corrected chi connectivity index (χ3v) is 5.42. The summed E-state index contributed by atoms with van der Waals surface area (Å²) in [6.45, 7) is 2.50. The van der Waals surface area contributed by atoms with Gasteiger partial charge in [-0.05, 0) is 19.3 Å². The summed E-state index contributed by atoms with van der Waals surface area (Å²) in [5.41, 5.74) is 9.18. The number of carboxylic acids is 1. The van der Waals surface area contributed by atoms with Gasteiger partial charge >= 0.3 is 5.97 Å². The molecular formula is C17H31N5O5. The monoisotopic (exact) mass is 385 g/mol. The number of nitrogens with two attached hydrogens (primary N) is 2. The summed E-state index contributed by atoms with van der Waals surface area (Å²) in [5, 5.41) is 25.4. The van der Waals surface area contributed by atoms with Crippen molar-refractivity contribution in [3.05, 3.63) is 0 Å². The summed E-state index contributed by atoms with van der Waals surface area (Å²) in [5.74, 6) is -2.68. The molecule has 0 spiro atoms. The minimum atomic E-state index is -2.01. The highest BCUT2D eigenvalue weighted by Gasteiger charge is 2.53. The van der Waals surface area contributed by atoms with E-state index in [2.05, 4.69) is 10.6 Å². The molecule has 4 unspecified atom stereocenters. The normalized spacial score (nSPS) is 30.0. The topological polar surface area (TPSA) is 171 Å². The van der Waals surface area contributed by atoms with Crippen LogP contribution >= 0.6 is 0 Å². The molecule has 1 heterocycles. The first-order valence-corrected chi connectivity index (χ1v) is 9.43. The van der Waals surface area contributed by atoms with E-state index >= 15 is 0 Å². The SMILES string of the molecule is CC(=O)NC(C(=O)N1CCCCCC1)C1CC(O)(C(=O)O)CC1NC(N)N. The minimum absolute atomic E-state index is 0.152. The predicted octanol–water partition coefficient (Wildman–Crippen LogP) is -1.72.